The minimum absolute atomic E-state index is 0.143. The summed E-state index contributed by atoms with van der Waals surface area (Å²) in [4.78, 5) is 11.5. The molecule has 0 saturated carbocycles. The van der Waals surface area contributed by atoms with Gasteiger partial charge in [-0.05, 0) is 24.5 Å². The minimum atomic E-state index is -0.473. The van der Waals surface area contributed by atoms with Crippen molar-refractivity contribution in [3.8, 4) is 5.75 Å². The van der Waals surface area contributed by atoms with Crippen molar-refractivity contribution >= 4 is 17.7 Å². The molecule has 3 N–H and O–H groups in total. The zero-order valence-electron chi connectivity index (χ0n) is 6.57. The summed E-state index contributed by atoms with van der Waals surface area (Å²) in [7, 11) is 0. The molecule has 1 aromatic rings. The summed E-state index contributed by atoms with van der Waals surface area (Å²) < 4.78 is 0. The Morgan fingerprint density at radius 1 is 1.58 bits per heavy atom. The lowest BCUT2D eigenvalue weighted by molar-refractivity contribution is 0.0997. The number of nitrogens with two attached hydrogens (primary N) is 1. The van der Waals surface area contributed by atoms with Crippen molar-refractivity contribution in [3.63, 3.8) is 0 Å². The Kier molecular flexibility index (Phi) is 2.60. The SMILES string of the molecule is CSc1cc(O)ccc1C(N)=O. The van der Waals surface area contributed by atoms with Gasteiger partial charge in [-0.15, -0.1) is 11.8 Å². The van der Waals surface area contributed by atoms with Crippen molar-refractivity contribution in [1.29, 1.82) is 0 Å². The molecule has 0 heterocycles. The van der Waals surface area contributed by atoms with Gasteiger partial charge in [0.1, 0.15) is 5.75 Å². The van der Waals surface area contributed by atoms with Crippen molar-refractivity contribution in [2.45, 2.75) is 4.90 Å². The van der Waals surface area contributed by atoms with Crippen LogP contribution in [0.4, 0.5) is 0 Å². The Bertz CT molecular complexity index is 312. The van der Waals surface area contributed by atoms with Gasteiger partial charge in [-0.3, -0.25) is 4.79 Å². The van der Waals surface area contributed by atoms with Gasteiger partial charge in [0.25, 0.3) is 0 Å². The second-order valence-electron chi connectivity index (χ2n) is 2.25. The van der Waals surface area contributed by atoms with Crippen LogP contribution >= 0.6 is 11.8 Å². The molecule has 1 rings (SSSR count). The quantitative estimate of drug-likeness (QED) is 0.677. The molecule has 12 heavy (non-hydrogen) atoms. The predicted octanol–water partition coefficient (Wildman–Crippen LogP) is 1.21. The van der Waals surface area contributed by atoms with Gasteiger partial charge in [-0.2, -0.15) is 0 Å². The second-order valence-corrected chi connectivity index (χ2v) is 3.10. The number of carbonyl (C=O) groups is 1. The largest absolute Gasteiger partial charge is 0.508 e. The third kappa shape index (κ3) is 1.71. The van der Waals surface area contributed by atoms with Crippen molar-refractivity contribution in [3.05, 3.63) is 23.8 Å². The molecule has 0 unspecified atom stereocenters. The third-order valence-electron chi connectivity index (χ3n) is 1.45. The van der Waals surface area contributed by atoms with Crippen molar-refractivity contribution < 1.29 is 9.90 Å². The molecule has 0 aliphatic carbocycles. The highest BCUT2D eigenvalue weighted by molar-refractivity contribution is 7.98. The van der Waals surface area contributed by atoms with E-state index in [-0.39, 0.29) is 5.75 Å². The number of benzene rings is 1. The standard InChI is InChI=1S/C8H9NO2S/c1-12-7-4-5(10)2-3-6(7)8(9)11/h2-4,10H,1H3,(H2,9,11). The van der Waals surface area contributed by atoms with Crippen LogP contribution in [0.1, 0.15) is 10.4 Å². The van der Waals surface area contributed by atoms with E-state index in [4.69, 9.17) is 10.8 Å². The van der Waals surface area contributed by atoms with E-state index < -0.39 is 5.91 Å². The number of hydrogen-bond donors (Lipinski definition) is 2. The second kappa shape index (κ2) is 3.49. The van der Waals surface area contributed by atoms with E-state index in [9.17, 15) is 4.79 Å². The van der Waals surface area contributed by atoms with Crippen LogP contribution in [0.25, 0.3) is 0 Å². The molecule has 0 bridgehead atoms. The zero-order valence-corrected chi connectivity index (χ0v) is 7.39. The molecular weight excluding hydrogens is 174 g/mol. The van der Waals surface area contributed by atoms with Crippen LogP contribution in [0.5, 0.6) is 5.75 Å². The first-order valence-corrected chi connectivity index (χ1v) is 4.54. The lowest BCUT2D eigenvalue weighted by Gasteiger charge is -2.02. The van der Waals surface area contributed by atoms with Crippen LogP contribution in [-0.2, 0) is 0 Å². The molecule has 0 radical (unpaired) electrons. The fourth-order valence-corrected chi connectivity index (χ4v) is 1.51. The fourth-order valence-electron chi connectivity index (χ4n) is 0.883. The number of phenolic OH excluding ortho intramolecular Hbond substituents is 1. The van der Waals surface area contributed by atoms with E-state index in [0.717, 1.165) is 0 Å². The van der Waals surface area contributed by atoms with Crippen LogP contribution in [0.15, 0.2) is 23.1 Å². The number of phenols is 1. The van der Waals surface area contributed by atoms with E-state index in [1.165, 1.54) is 30.0 Å². The van der Waals surface area contributed by atoms with Crippen LogP contribution in [-0.4, -0.2) is 17.3 Å². The maximum Gasteiger partial charge on any atom is 0.249 e. The van der Waals surface area contributed by atoms with E-state index in [0.29, 0.717) is 10.5 Å². The fraction of sp³-hybridized carbons (Fsp3) is 0.125. The van der Waals surface area contributed by atoms with Gasteiger partial charge >= 0.3 is 0 Å². The minimum Gasteiger partial charge on any atom is -0.508 e. The normalized spacial score (nSPS) is 9.75. The summed E-state index contributed by atoms with van der Waals surface area (Å²) in [5.41, 5.74) is 5.55. The monoisotopic (exact) mass is 183 g/mol. The van der Waals surface area contributed by atoms with E-state index in [1.807, 2.05) is 6.26 Å². The molecule has 0 aliphatic heterocycles. The third-order valence-corrected chi connectivity index (χ3v) is 2.23. The molecule has 0 saturated heterocycles. The number of thioether (sulfide) groups is 1. The van der Waals surface area contributed by atoms with Crippen molar-refractivity contribution in [1.82, 2.24) is 0 Å². The Hall–Kier alpha value is -1.16. The summed E-state index contributed by atoms with van der Waals surface area (Å²) in [6.07, 6.45) is 1.82. The smallest absolute Gasteiger partial charge is 0.249 e. The molecule has 1 aromatic carbocycles. The predicted molar refractivity (Wildman–Crippen MR) is 48.4 cm³/mol. The average molecular weight is 183 g/mol. The van der Waals surface area contributed by atoms with Gasteiger partial charge in [0.05, 0.1) is 5.56 Å². The molecule has 0 aromatic heterocycles. The van der Waals surface area contributed by atoms with Gasteiger partial charge in [-0.25, -0.2) is 0 Å². The highest BCUT2D eigenvalue weighted by atomic mass is 32.2. The Morgan fingerprint density at radius 3 is 2.75 bits per heavy atom. The zero-order chi connectivity index (χ0) is 9.14. The first-order valence-electron chi connectivity index (χ1n) is 3.32. The van der Waals surface area contributed by atoms with E-state index >= 15 is 0 Å². The maximum atomic E-state index is 10.8. The van der Waals surface area contributed by atoms with Crippen LogP contribution in [0, 0.1) is 0 Å². The maximum absolute atomic E-state index is 10.8. The average Bonchev–Trinajstić information content (AvgIpc) is 2.03. The summed E-state index contributed by atoms with van der Waals surface area (Å²) in [5, 5.41) is 9.08. The highest BCUT2D eigenvalue weighted by Gasteiger charge is 2.06. The molecular formula is C8H9NO2S. The van der Waals surface area contributed by atoms with Gasteiger partial charge in [0, 0.05) is 4.90 Å². The summed E-state index contributed by atoms with van der Waals surface area (Å²) in [6.45, 7) is 0. The lowest BCUT2D eigenvalue weighted by Crippen LogP contribution is -2.11. The van der Waals surface area contributed by atoms with E-state index in [1.54, 1.807) is 0 Å². The van der Waals surface area contributed by atoms with Gasteiger partial charge in [0.15, 0.2) is 0 Å². The molecule has 0 spiro atoms. The summed E-state index contributed by atoms with van der Waals surface area (Å²) in [6, 6.07) is 4.48. The van der Waals surface area contributed by atoms with Crippen molar-refractivity contribution in [2.24, 2.45) is 5.73 Å². The summed E-state index contributed by atoms with van der Waals surface area (Å²) >= 11 is 1.38. The molecule has 4 heteroatoms. The molecule has 0 aliphatic rings. The molecule has 64 valence electrons. The lowest BCUT2D eigenvalue weighted by atomic mass is 10.2. The summed E-state index contributed by atoms with van der Waals surface area (Å²) in [5.74, 6) is -0.330. The first kappa shape index (κ1) is 8.93. The van der Waals surface area contributed by atoms with E-state index in [2.05, 4.69) is 0 Å². The van der Waals surface area contributed by atoms with Gasteiger partial charge < -0.3 is 10.8 Å². The number of rotatable bonds is 2. The van der Waals surface area contributed by atoms with Crippen LogP contribution in [0.2, 0.25) is 0 Å². The molecule has 0 fully saturated rings. The van der Waals surface area contributed by atoms with Crippen molar-refractivity contribution in [2.75, 3.05) is 6.26 Å². The Balaban J connectivity index is 3.20. The highest BCUT2D eigenvalue weighted by Crippen LogP contribution is 2.24. The molecule has 1 amide bonds. The van der Waals surface area contributed by atoms with Gasteiger partial charge in [-0.1, -0.05) is 0 Å². The number of hydrogen-bond acceptors (Lipinski definition) is 3. The molecule has 3 nitrogen and oxygen atoms in total. The number of aromatic hydroxyl groups is 1. The Labute approximate surface area is 74.6 Å². The number of primary amides is 1. The number of amides is 1. The number of carbonyl (C=O) groups excluding carboxylic acids is 1. The first-order chi connectivity index (χ1) is 5.65. The molecule has 0 atom stereocenters. The van der Waals surface area contributed by atoms with Gasteiger partial charge in [0.2, 0.25) is 5.91 Å². The Morgan fingerprint density at radius 2 is 2.25 bits per heavy atom. The van der Waals surface area contributed by atoms with Crippen LogP contribution < -0.4 is 5.73 Å². The topological polar surface area (TPSA) is 63.3 Å². The van der Waals surface area contributed by atoms with Crippen LogP contribution in [0.3, 0.4) is 0 Å².